The van der Waals surface area contributed by atoms with Gasteiger partial charge in [0.05, 0.1) is 0 Å². The van der Waals surface area contributed by atoms with Crippen LogP contribution < -0.4 is 11.1 Å². The van der Waals surface area contributed by atoms with Crippen molar-refractivity contribution >= 4 is 22.4 Å². The number of carbonyl (C=O) groups is 1. The van der Waals surface area contributed by atoms with Gasteiger partial charge in [0.2, 0.25) is 10.1 Å². The summed E-state index contributed by atoms with van der Waals surface area (Å²) in [5.41, 5.74) is 5.44. The van der Waals surface area contributed by atoms with Crippen LogP contribution in [0.3, 0.4) is 0 Å². The second-order valence-corrected chi connectivity index (χ2v) is 5.40. The average molecular weight is 240 g/mol. The van der Waals surface area contributed by atoms with Gasteiger partial charge in [0.1, 0.15) is 0 Å². The first-order valence-corrected chi connectivity index (χ1v) is 6.36. The molecule has 1 fully saturated rings. The molecule has 0 spiro atoms. The number of hydrogen-bond donors (Lipinski definition) is 2. The molecule has 88 valence electrons. The molecule has 0 saturated heterocycles. The molecular weight excluding hydrogens is 224 g/mol. The zero-order valence-corrected chi connectivity index (χ0v) is 10.1. The minimum Gasteiger partial charge on any atom is -0.374 e. The van der Waals surface area contributed by atoms with Crippen LogP contribution in [0.25, 0.3) is 0 Å². The van der Waals surface area contributed by atoms with Gasteiger partial charge in [0.25, 0.3) is 5.91 Å². The van der Waals surface area contributed by atoms with E-state index in [0.29, 0.717) is 16.1 Å². The Hall–Kier alpha value is -1.17. The summed E-state index contributed by atoms with van der Waals surface area (Å²) >= 11 is 1.13. The van der Waals surface area contributed by atoms with E-state index in [4.69, 9.17) is 5.73 Å². The van der Waals surface area contributed by atoms with Crippen LogP contribution in [0.4, 0.5) is 5.13 Å². The van der Waals surface area contributed by atoms with Crippen molar-refractivity contribution in [3.8, 4) is 0 Å². The van der Waals surface area contributed by atoms with Crippen LogP contribution in [0.1, 0.15) is 42.4 Å². The van der Waals surface area contributed by atoms with E-state index in [9.17, 15) is 4.79 Å². The molecule has 3 N–H and O–H groups in total. The van der Waals surface area contributed by atoms with Gasteiger partial charge in [0, 0.05) is 6.04 Å². The standard InChI is InChI=1S/C10H16N4OS/c1-6-3-2-4-7(5-6)12-8(15)9-13-14-10(11)16-9/h6-7H,2-5H2,1H3,(H2,11,14)(H,12,15). The predicted octanol–water partition coefficient (Wildman–Crippen LogP) is 1.43. The molecule has 6 heteroatoms. The summed E-state index contributed by atoms with van der Waals surface area (Å²) in [5, 5.41) is 11.0. The van der Waals surface area contributed by atoms with Gasteiger partial charge in [-0.3, -0.25) is 4.79 Å². The maximum absolute atomic E-state index is 11.8. The Balaban J connectivity index is 1.92. The van der Waals surface area contributed by atoms with Crippen molar-refractivity contribution in [3.63, 3.8) is 0 Å². The molecule has 0 aliphatic heterocycles. The fourth-order valence-electron chi connectivity index (χ4n) is 2.14. The number of amides is 1. The van der Waals surface area contributed by atoms with E-state index < -0.39 is 0 Å². The van der Waals surface area contributed by atoms with Gasteiger partial charge >= 0.3 is 0 Å². The minimum absolute atomic E-state index is 0.145. The van der Waals surface area contributed by atoms with Crippen LogP contribution in [0.5, 0.6) is 0 Å². The third-order valence-electron chi connectivity index (χ3n) is 2.91. The molecule has 1 amide bonds. The highest BCUT2D eigenvalue weighted by atomic mass is 32.1. The molecule has 1 heterocycles. The smallest absolute Gasteiger partial charge is 0.282 e. The first-order chi connectivity index (χ1) is 7.65. The lowest BCUT2D eigenvalue weighted by Crippen LogP contribution is -2.37. The van der Waals surface area contributed by atoms with Gasteiger partial charge < -0.3 is 11.1 Å². The van der Waals surface area contributed by atoms with Crippen molar-refractivity contribution in [2.75, 3.05) is 5.73 Å². The third-order valence-corrected chi connectivity index (χ3v) is 3.66. The maximum atomic E-state index is 11.8. The van der Waals surface area contributed by atoms with Crippen LogP contribution in [0, 0.1) is 5.92 Å². The number of nitrogens with two attached hydrogens (primary N) is 1. The van der Waals surface area contributed by atoms with Crippen molar-refractivity contribution in [3.05, 3.63) is 5.01 Å². The zero-order chi connectivity index (χ0) is 11.5. The largest absolute Gasteiger partial charge is 0.374 e. The first kappa shape index (κ1) is 11.3. The highest BCUT2D eigenvalue weighted by Crippen LogP contribution is 2.24. The van der Waals surface area contributed by atoms with Crippen LogP contribution in [0.15, 0.2) is 0 Å². The summed E-state index contributed by atoms with van der Waals surface area (Å²) in [6.07, 6.45) is 4.56. The van der Waals surface area contributed by atoms with Gasteiger partial charge in [-0.2, -0.15) is 0 Å². The van der Waals surface area contributed by atoms with Crippen molar-refractivity contribution in [1.82, 2.24) is 15.5 Å². The SMILES string of the molecule is CC1CCCC(NC(=O)c2nnc(N)s2)C1. The van der Waals surface area contributed by atoms with Gasteiger partial charge in [-0.15, -0.1) is 10.2 Å². The molecule has 2 unspecified atom stereocenters. The zero-order valence-electron chi connectivity index (χ0n) is 9.27. The lowest BCUT2D eigenvalue weighted by molar-refractivity contribution is 0.0920. The lowest BCUT2D eigenvalue weighted by Gasteiger charge is -2.26. The lowest BCUT2D eigenvalue weighted by atomic mass is 9.87. The Morgan fingerprint density at radius 2 is 2.31 bits per heavy atom. The molecule has 2 rings (SSSR count). The Bertz CT molecular complexity index is 379. The summed E-state index contributed by atoms with van der Waals surface area (Å²) in [6, 6.07) is 0.279. The predicted molar refractivity (Wildman–Crippen MR) is 63.2 cm³/mol. The van der Waals surface area contributed by atoms with Crippen LogP contribution in [-0.2, 0) is 0 Å². The number of aromatic nitrogens is 2. The van der Waals surface area contributed by atoms with Crippen LogP contribution >= 0.6 is 11.3 Å². The van der Waals surface area contributed by atoms with Crippen LogP contribution in [0.2, 0.25) is 0 Å². The minimum atomic E-state index is -0.145. The van der Waals surface area contributed by atoms with Crippen molar-refractivity contribution in [2.24, 2.45) is 5.92 Å². The quantitative estimate of drug-likeness (QED) is 0.819. The molecule has 0 bridgehead atoms. The second-order valence-electron chi connectivity index (χ2n) is 4.39. The van der Waals surface area contributed by atoms with Gasteiger partial charge in [-0.1, -0.05) is 31.1 Å². The molecular formula is C10H16N4OS. The molecule has 1 aliphatic carbocycles. The molecule has 1 aromatic rings. The molecule has 5 nitrogen and oxygen atoms in total. The first-order valence-electron chi connectivity index (χ1n) is 5.55. The van der Waals surface area contributed by atoms with Crippen molar-refractivity contribution < 1.29 is 4.79 Å². The molecule has 1 saturated carbocycles. The van der Waals surface area contributed by atoms with Gasteiger partial charge in [-0.25, -0.2) is 0 Å². The number of anilines is 1. The fraction of sp³-hybridized carbons (Fsp3) is 0.700. The number of nitrogen functional groups attached to an aromatic ring is 1. The summed E-state index contributed by atoms with van der Waals surface area (Å²) in [6.45, 7) is 2.22. The van der Waals surface area contributed by atoms with E-state index in [1.54, 1.807) is 0 Å². The molecule has 2 atom stereocenters. The topological polar surface area (TPSA) is 80.9 Å². The van der Waals surface area contributed by atoms with E-state index in [-0.39, 0.29) is 11.9 Å². The number of hydrogen-bond acceptors (Lipinski definition) is 5. The Kier molecular flexibility index (Phi) is 3.38. The van der Waals surface area contributed by atoms with E-state index >= 15 is 0 Å². The Labute approximate surface area is 98.4 Å². The van der Waals surface area contributed by atoms with Gasteiger partial charge in [0.15, 0.2) is 0 Å². The van der Waals surface area contributed by atoms with Gasteiger partial charge in [-0.05, 0) is 18.8 Å². The summed E-state index contributed by atoms with van der Waals surface area (Å²) in [7, 11) is 0. The van der Waals surface area contributed by atoms with E-state index in [1.165, 1.54) is 12.8 Å². The van der Waals surface area contributed by atoms with Crippen molar-refractivity contribution in [2.45, 2.75) is 38.6 Å². The van der Waals surface area contributed by atoms with E-state index in [1.807, 2.05) is 0 Å². The highest BCUT2D eigenvalue weighted by molar-refractivity contribution is 7.16. The van der Waals surface area contributed by atoms with Crippen molar-refractivity contribution in [1.29, 1.82) is 0 Å². The molecule has 0 aromatic carbocycles. The number of nitrogens with one attached hydrogen (secondary N) is 1. The summed E-state index contributed by atoms with van der Waals surface area (Å²) < 4.78 is 0. The highest BCUT2D eigenvalue weighted by Gasteiger charge is 2.22. The molecule has 1 aliphatic rings. The monoisotopic (exact) mass is 240 g/mol. The maximum Gasteiger partial charge on any atom is 0.282 e. The summed E-state index contributed by atoms with van der Waals surface area (Å²) in [5.74, 6) is 0.548. The molecule has 16 heavy (non-hydrogen) atoms. The average Bonchev–Trinajstić information content (AvgIpc) is 2.65. The third kappa shape index (κ3) is 2.69. The Morgan fingerprint density at radius 3 is 2.94 bits per heavy atom. The number of nitrogens with zero attached hydrogens (tertiary/aromatic N) is 2. The fourth-order valence-corrected chi connectivity index (χ4v) is 2.65. The second kappa shape index (κ2) is 4.78. The molecule has 1 aromatic heterocycles. The van der Waals surface area contributed by atoms with Crippen LogP contribution in [-0.4, -0.2) is 22.1 Å². The number of carbonyl (C=O) groups excluding carboxylic acids is 1. The molecule has 0 radical (unpaired) electrons. The normalized spacial score (nSPS) is 25.3. The Morgan fingerprint density at radius 1 is 1.50 bits per heavy atom. The van der Waals surface area contributed by atoms with E-state index in [0.717, 1.165) is 24.2 Å². The number of rotatable bonds is 2. The van der Waals surface area contributed by atoms with E-state index in [2.05, 4.69) is 22.4 Å². The summed E-state index contributed by atoms with van der Waals surface area (Å²) in [4.78, 5) is 11.8.